The Morgan fingerprint density at radius 1 is 1.32 bits per heavy atom. The summed E-state index contributed by atoms with van der Waals surface area (Å²) in [5.74, 6) is -4.44. The molecule has 0 radical (unpaired) electrons. The lowest BCUT2D eigenvalue weighted by molar-refractivity contribution is 0.0236. The summed E-state index contributed by atoms with van der Waals surface area (Å²) in [5.41, 5.74) is 5.96. The van der Waals surface area contributed by atoms with Crippen molar-refractivity contribution in [3.05, 3.63) is 41.5 Å². The number of benzene rings is 1. The van der Waals surface area contributed by atoms with E-state index in [9.17, 15) is 22.8 Å². The first-order valence-electron chi connectivity index (χ1n) is 9.64. The Hall–Kier alpha value is -3.24. The van der Waals surface area contributed by atoms with Crippen LogP contribution in [-0.2, 0) is 4.74 Å². The largest absolute Gasteiger partial charge is 0.449 e. The lowest BCUT2D eigenvalue weighted by Gasteiger charge is -2.40. The molecule has 168 valence electrons. The second-order valence-corrected chi connectivity index (χ2v) is 8.31. The number of nitrogens with one attached hydrogen (secondary N) is 1. The van der Waals surface area contributed by atoms with Crippen molar-refractivity contribution in [3.63, 3.8) is 0 Å². The van der Waals surface area contributed by atoms with E-state index in [0.29, 0.717) is 30.1 Å². The number of cyclic esters (lactones) is 1. The maximum atomic E-state index is 13.5. The fraction of sp³-hybridized carbons (Fsp3) is 0.450. The molecule has 0 aromatic heterocycles. The minimum atomic E-state index is -1.62. The van der Waals surface area contributed by atoms with Gasteiger partial charge in [-0.3, -0.25) is 9.89 Å². The normalized spacial score (nSPS) is 21.5. The standard InChI is InChI=1S/C20H24F3N5O3/c1-11-7-25-15(16(6-24)28-9-20(2,3)10-31-19(28)30)8-27(11)18(29)26-12-4-13(21)17(23)14(22)5-12/h4-6,11H,7-10,24H2,1-3H3,(H,26,29)/t11-/m0/s1. The van der Waals surface area contributed by atoms with E-state index in [1.54, 1.807) is 6.92 Å². The molecule has 3 rings (SSSR count). The Morgan fingerprint density at radius 2 is 1.97 bits per heavy atom. The van der Waals surface area contributed by atoms with E-state index in [-0.39, 0.29) is 36.8 Å². The number of rotatable bonds is 3. The maximum Gasteiger partial charge on any atom is 0.414 e. The molecule has 0 unspecified atom stereocenters. The molecule has 8 nitrogen and oxygen atoms in total. The van der Waals surface area contributed by atoms with Crippen LogP contribution in [0.25, 0.3) is 0 Å². The summed E-state index contributed by atoms with van der Waals surface area (Å²) in [6, 6.07) is 0.374. The summed E-state index contributed by atoms with van der Waals surface area (Å²) in [6.45, 7) is 6.45. The fourth-order valence-electron chi connectivity index (χ4n) is 3.36. The van der Waals surface area contributed by atoms with E-state index < -0.39 is 29.6 Å². The molecule has 3 N–H and O–H groups in total. The molecular weight excluding hydrogens is 415 g/mol. The summed E-state index contributed by atoms with van der Waals surface area (Å²) < 4.78 is 45.3. The minimum absolute atomic E-state index is 0.00754. The zero-order chi connectivity index (χ0) is 22.9. The number of nitrogens with two attached hydrogens (primary N) is 1. The molecule has 1 aromatic rings. The lowest BCUT2D eigenvalue weighted by atomic mass is 9.92. The van der Waals surface area contributed by atoms with Gasteiger partial charge >= 0.3 is 12.1 Å². The van der Waals surface area contributed by atoms with E-state index in [1.807, 2.05) is 13.8 Å². The lowest BCUT2D eigenvalue weighted by Crippen LogP contribution is -2.53. The van der Waals surface area contributed by atoms with Crippen LogP contribution < -0.4 is 11.1 Å². The number of halogens is 3. The van der Waals surface area contributed by atoms with Crippen molar-refractivity contribution in [3.8, 4) is 0 Å². The molecule has 0 aliphatic carbocycles. The van der Waals surface area contributed by atoms with Gasteiger partial charge in [0.05, 0.1) is 37.1 Å². The zero-order valence-corrected chi connectivity index (χ0v) is 17.4. The predicted molar refractivity (Wildman–Crippen MR) is 108 cm³/mol. The van der Waals surface area contributed by atoms with Crippen LogP contribution in [0.1, 0.15) is 20.8 Å². The molecule has 0 saturated carbocycles. The van der Waals surface area contributed by atoms with Crippen LogP contribution in [-0.4, -0.2) is 59.9 Å². The van der Waals surface area contributed by atoms with Gasteiger partial charge < -0.3 is 20.7 Å². The van der Waals surface area contributed by atoms with Crippen molar-refractivity contribution in [2.75, 3.05) is 31.6 Å². The van der Waals surface area contributed by atoms with Crippen LogP contribution in [0.2, 0.25) is 0 Å². The molecule has 2 heterocycles. The third kappa shape index (κ3) is 4.75. The van der Waals surface area contributed by atoms with E-state index >= 15 is 0 Å². The smallest absolute Gasteiger partial charge is 0.414 e. The van der Waals surface area contributed by atoms with Gasteiger partial charge in [0.1, 0.15) is 0 Å². The number of amides is 3. The summed E-state index contributed by atoms with van der Waals surface area (Å²) in [7, 11) is 0. The molecular formula is C20H24F3N5O3. The average molecular weight is 439 g/mol. The maximum absolute atomic E-state index is 13.5. The third-order valence-electron chi connectivity index (χ3n) is 5.03. The first kappa shape index (κ1) is 22.4. The van der Waals surface area contributed by atoms with Crippen LogP contribution in [0, 0.1) is 22.9 Å². The van der Waals surface area contributed by atoms with Gasteiger partial charge in [-0.05, 0) is 6.92 Å². The fourth-order valence-corrected chi connectivity index (χ4v) is 3.36. The summed E-state index contributed by atoms with van der Waals surface area (Å²) in [4.78, 5) is 32.2. The van der Waals surface area contributed by atoms with Gasteiger partial charge in [0, 0.05) is 36.0 Å². The molecule has 2 aliphatic rings. The Kier molecular flexibility index (Phi) is 6.14. The highest BCUT2D eigenvalue weighted by Crippen LogP contribution is 2.27. The summed E-state index contributed by atoms with van der Waals surface area (Å²) >= 11 is 0. The molecule has 2 aliphatic heterocycles. The first-order chi connectivity index (χ1) is 14.5. The number of hydrogen-bond donors (Lipinski definition) is 2. The van der Waals surface area contributed by atoms with Gasteiger partial charge in [-0.15, -0.1) is 0 Å². The summed E-state index contributed by atoms with van der Waals surface area (Å²) in [5, 5.41) is 2.36. The van der Waals surface area contributed by atoms with E-state index in [1.165, 1.54) is 16.0 Å². The van der Waals surface area contributed by atoms with E-state index in [4.69, 9.17) is 10.5 Å². The van der Waals surface area contributed by atoms with Crippen molar-refractivity contribution in [1.82, 2.24) is 9.80 Å². The Labute approximate surface area is 177 Å². The molecule has 1 aromatic carbocycles. The zero-order valence-electron chi connectivity index (χ0n) is 17.4. The van der Waals surface area contributed by atoms with E-state index in [0.717, 1.165) is 0 Å². The number of urea groups is 1. The van der Waals surface area contributed by atoms with Crippen molar-refractivity contribution in [1.29, 1.82) is 0 Å². The second kappa shape index (κ2) is 8.48. The number of carbonyl (C=O) groups excluding carboxylic acids is 2. The number of aliphatic imine (C=N–C) groups is 1. The monoisotopic (exact) mass is 439 g/mol. The number of nitrogens with zero attached hydrogens (tertiary/aromatic N) is 3. The number of carbonyl (C=O) groups is 2. The molecule has 1 saturated heterocycles. The molecule has 0 bridgehead atoms. The molecule has 11 heteroatoms. The second-order valence-electron chi connectivity index (χ2n) is 8.31. The SMILES string of the molecule is C[C@H]1CN=C(C(=CN)N2CC(C)(C)COC2=O)CN1C(=O)Nc1cc(F)c(F)c(F)c1. The number of ether oxygens (including phenoxy) is 1. The molecule has 0 spiro atoms. The highest BCUT2D eigenvalue weighted by molar-refractivity contribution is 6.06. The third-order valence-corrected chi connectivity index (χ3v) is 5.03. The Balaban J connectivity index is 1.78. The van der Waals surface area contributed by atoms with Gasteiger partial charge in [0.2, 0.25) is 0 Å². The van der Waals surface area contributed by atoms with Crippen LogP contribution >= 0.6 is 0 Å². The van der Waals surface area contributed by atoms with Crippen LogP contribution in [0.3, 0.4) is 0 Å². The highest BCUT2D eigenvalue weighted by Gasteiger charge is 2.37. The van der Waals surface area contributed by atoms with Crippen molar-refractivity contribution >= 4 is 23.5 Å². The number of hydrogen-bond acceptors (Lipinski definition) is 5. The van der Waals surface area contributed by atoms with Gasteiger partial charge in [0.25, 0.3) is 0 Å². The Bertz CT molecular complexity index is 940. The minimum Gasteiger partial charge on any atom is -0.449 e. The van der Waals surface area contributed by atoms with Crippen LogP contribution in [0.5, 0.6) is 0 Å². The first-order valence-corrected chi connectivity index (χ1v) is 9.64. The Morgan fingerprint density at radius 3 is 2.58 bits per heavy atom. The average Bonchev–Trinajstić information content (AvgIpc) is 2.70. The van der Waals surface area contributed by atoms with E-state index in [2.05, 4.69) is 10.3 Å². The van der Waals surface area contributed by atoms with Gasteiger partial charge in [-0.2, -0.15) is 0 Å². The molecule has 31 heavy (non-hydrogen) atoms. The molecule has 1 atom stereocenters. The molecule has 1 fully saturated rings. The summed E-state index contributed by atoms with van der Waals surface area (Å²) in [6.07, 6.45) is 0.670. The topological polar surface area (TPSA) is 100 Å². The van der Waals surface area contributed by atoms with Crippen molar-refractivity contribution < 1.29 is 27.5 Å². The van der Waals surface area contributed by atoms with Gasteiger partial charge in [-0.1, -0.05) is 13.8 Å². The van der Waals surface area contributed by atoms with Crippen molar-refractivity contribution in [2.45, 2.75) is 26.8 Å². The highest BCUT2D eigenvalue weighted by atomic mass is 19.2. The predicted octanol–water partition coefficient (Wildman–Crippen LogP) is 3.06. The van der Waals surface area contributed by atoms with Gasteiger partial charge in [0.15, 0.2) is 17.5 Å². The van der Waals surface area contributed by atoms with Crippen LogP contribution in [0.4, 0.5) is 28.4 Å². The quantitative estimate of drug-likeness (QED) is 0.707. The molecule has 3 amide bonds. The number of anilines is 1. The van der Waals surface area contributed by atoms with Gasteiger partial charge in [-0.25, -0.2) is 22.8 Å². The van der Waals surface area contributed by atoms with Crippen molar-refractivity contribution in [2.24, 2.45) is 16.1 Å². The van der Waals surface area contributed by atoms with Crippen LogP contribution in [0.15, 0.2) is 29.0 Å².